The summed E-state index contributed by atoms with van der Waals surface area (Å²) in [6.45, 7) is 9.13. The number of aromatic nitrogens is 1. The van der Waals surface area contributed by atoms with Crippen LogP contribution >= 0.6 is 11.3 Å². The first kappa shape index (κ1) is 15.2. The van der Waals surface area contributed by atoms with Crippen molar-refractivity contribution in [3.63, 3.8) is 0 Å². The van der Waals surface area contributed by atoms with Gasteiger partial charge in [-0.3, -0.25) is 4.90 Å². The van der Waals surface area contributed by atoms with Crippen LogP contribution in [0.1, 0.15) is 24.3 Å². The number of nitrogens with zero attached hydrogens (tertiary/aromatic N) is 2. The van der Waals surface area contributed by atoms with Crippen LogP contribution < -0.4 is 0 Å². The maximum absolute atomic E-state index is 6.05. The van der Waals surface area contributed by atoms with Gasteiger partial charge in [0.15, 0.2) is 0 Å². The molecule has 2 fully saturated rings. The van der Waals surface area contributed by atoms with Crippen LogP contribution in [0.5, 0.6) is 0 Å². The number of fused-ring (bicyclic) bond motifs is 1. The van der Waals surface area contributed by atoms with E-state index in [2.05, 4.69) is 21.8 Å². The molecule has 21 heavy (non-hydrogen) atoms. The Morgan fingerprint density at radius 3 is 3.38 bits per heavy atom. The fourth-order valence-corrected chi connectivity index (χ4v) is 4.25. The molecule has 0 spiro atoms. The number of likely N-dealkylation sites (tertiary alicyclic amines) is 1. The van der Waals surface area contributed by atoms with Gasteiger partial charge >= 0.3 is 0 Å². The Kier molecular flexibility index (Phi) is 5.06. The van der Waals surface area contributed by atoms with Crippen molar-refractivity contribution in [3.8, 4) is 0 Å². The predicted molar refractivity (Wildman–Crippen MR) is 84.4 cm³/mol. The third-order valence-electron chi connectivity index (χ3n) is 4.53. The zero-order valence-corrected chi connectivity index (χ0v) is 13.3. The van der Waals surface area contributed by atoms with E-state index in [-0.39, 0.29) is 5.41 Å². The van der Waals surface area contributed by atoms with Gasteiger partial charge in [-0.1, -0.05) is 6.08 Å². The van der Waals surface area contributed by atoms with Crippen LogP contribution in [-0.2, 0) is 16.0 Å². The third kappa shape index (κ3) is 3.54. The highest BCUT2D eigenvalue weighted by Crippen LogP contribution is 2.40. The highest BCUT2D eigenvalue weighted by Gasteiger charge is 2.46. The topological polar surface area (TPSA) is 34.6 Å². The number of hydrogen-bond acceptors (Lipinski definition) is 5. The van der Waals surface area contributed by atoms with Gasteiger partial charge in [0, 0.05) is 36.7 Å². The first-order chi connectivity index (χ1) is 10.3. The Balaban J connectivity index is 1.66. The number of piperidine rings is 1. The summed E-state index contributed by atoms with van der Waals surface area (Å²) in [7, 11) is 0. The largest absolute Gasteiger partial charge is 0.377 e. The van der Waals surface area contributed by atoms with Crippen molar-refractivity contribution in [2.24, 2.45) is 5.41 Å². The smallest absolute Gasteiger partial charge is 0.107 e. The second-order valence-electron chi connectivity index (χ2n) is 6.05. The number of thiazole rings is 1. The zero-order chi connectivity index (χ0) is 14.5. The molecule has 0 amide bonds. The molecular weight excluding hydrogens is 284 g/mol. The van der Waals surface area contributed by atoms with Crippen LogP contribution in [0.4, 0.5) is 0 Å². The molecule has 116 valence electrons. The maximum atomic E-state index is 6.05. The Bertz CT molecular complexity index is 451. The summed E-state index contributed by atoms with van der Waals surface area (Å²) >= 11 is 1.74. The van der Waals surface area contributed by atoms with Crippen molar-refractivity contribution in [1.82, 2.24) is 9.88 Å². The minimum absolute atomic E-state index is 0.150. The van der Waals surface area contributed by atoms with Crippen molar-refractivity contribution < 1.29 is 9.47 Å². The second-order valence-corrected chi connectivity index (χ2v) is 7.03. The first-order valence-corrected chi connectivity index (χ1v) is 8.61. The second kappa shape index (κ2) is 7.01. The molecule has 1 aromatic rings. The minimum atomic E-state index is 0.150. The van der Waals surface area contributed by atoms with Crippen LogP contribution in [-0.4, -0.2) is 48.9 Å². The van der Waals surface area contributed by atoms with Crippen molar-refractivity contribution in [2.45, 2.75) is 31.9 Å². The van der Waals surface area contributed by atoms with E-state index in [0.29, 0.717) is 12.7 Å². The van der Waals surface area contributed by atoms with E-state index in [0.717, 1.165) is 45.7 Å². The van der Waals surface area contributed by atoms with Crippen molar-refractivity contribution in [3.05, 3.63) is 29.2 Å². The Hall–Kier alpha value is -0.750. The summed E-state index contributed by atoms with van der Waals surface area (Å²) in [5.74, 6) is 0. The summed E-state index contributed by atoms with van der Waals surface area (Å²) in [5.41, 5.74) is 0.150. The molecule has 0 saturated carbocycles. The van der Waals surface area contributed by atoms with E-state index in [1.165, 1.54) is 11.4 Å². The van der Waals surface area contributed by atoms with Crippen molar-refractivity contribution >= 4 is 11.3 Å². The average Bonchev–Trinajstić information content (AvgIpc) is 3.00. The molecule has 0 aliphatic carbocycles. The molecule has 2 aliphatic rings. The van der Waals surface area contributed by atoms with Crippen LogP contribution in [0.25, 0.3) is 0 Å². The lowest BCUT2D eigenvalue weighted by Gasteiger charge is -2.50. The summed E-state index contributed by atoms with van der Waals surface area (Å²) in [4.78, 5) is 6.93. The van der Waals surface area contributed by atoms with Crippen molar-refractivity contribution in [1.29, 1.82) is 0 Å². The molecule has 3 heterocycles. The predicted octanol–water partition coefficient (Wildman–Crippen LogP) is 2.72. The van der Waals surface area contributed by atoms with Gasteiger partial charge in [-0.15, -0.1) is 17.9 Å². The van der Waals surface area contributed by atoms with Gasteiger partial charge in [-0.25, -0.2) is 4.98 Å². The van der Waals surface area contributed by atoms with E-state index < -0.39 is 0 Å². The van der Waals surface area contributed by atoms with Gasteiger partial charge < -0.3 is 9.47 Å². The highest BCUT2D eigenvalue weighted by atomic mass is 32.1. The molecule has 2 saturated heterocycles. The highest BCUT2D eigenvalue weighted by molar-refractivity contribution is 7.09. The normalized spacial score (nSPS) is 30.0. The van der Waals surface area contributed by atoms with Crippen LogP contribution in [0.15, 0.2) is 24.2 Å². The molecule has 1 aromatic heterocycles. The number of ether oxygens (including phenoxy) is 2. The van der Waals surface area contributed by atoms with Gasteiger partial charge in [-0.2, -0.15) is 0 Å². The fraction of sp³-hybridized carbons (Fsp3) is 0.688. The van der Waals surface area contributed by atoms with Gasteiger partial charge in [0.2, 0.25) is 0 Å². The summed E-state index contributed by atoms with van der Waals surface area (Å²) in [5, 5.41) is 3.25. The third-order valence-corrected chi connectivity index (χ3v) is 5.30. The van der Waals surface area contributed by atoms with Crippen LogP contribution in [0.3, 0.4) is 0 Å². The van der Waals surface area contributed by atoms with Crippen molar-refractivity contribution in [2.75, 3.05) is 32.9 Å². The SMILES string of the molecule is C=CCOC[C@]12CCCO[C@H]1CCN(Cc1nccs1)C2. The Morgan fingerprint density at radius 1 is 1.62 bits per heavy atom. The molecular formula is C16H24N2O2S. The monoisotopic (exact) mass is 308 g/mol. The maximum Gasteiger partial charge on any atom is 0.107 e. The minimum Gasteiger partial charge on any atom is -0.377 e. The molecule has 4 nitrogen and oxygen atoms in total. The summed E-state index contributed by atoms with van der Waals surface area (Å²) in [6, 6.07) is 0. The van der Waals surface area contributed by atoms with Gasteiger partial charge in [0.1, 0.15) is 5.01 Å². The lowest BCUT2D eigenvalue weighted by atomic mass is 9.73. The zero-order valence-electron chi connectivity index (χ0n) is 12.5. The van der Waals surface area contributed by atoms with Gasteiger partial charge in [0.05, 0.1) is 25.9 Å². The summed E-state index contributed by atoms with van der Waals surface area (Å²) in [6.07, 6.45) is 7.50. The molecule has 0 bridgehead atoms. The number of hydrogen-bond donors (Lipinski definition) is 0. The number of rotatable bonds is 6. The fourth-order valence-electron chi connectivity index (χ4n) is 3.60. The molecule has 2 aliphatic heterocycles. The van der Waals surface area contributed by atoms with E-state index >= 15 is 0 Å². The molecule has 5 heteroatoms. The van der Waals surface area contributed by atoms with Gasteiger partial charge in [0.25, 0.3) is 0 Å². The average molecular weight is 308 g/mol. The molecule has 0 unspecified atom stereocenters. The Morgan fingerprint density at radius 2 is 2.57 bits per heavy atom. The molecule has 0 radical (unpaired) electrons. The van der Waals surface area contributed by atoms with Crippen LogP contribution in [0, 0.1) is 5.41 Å². The quantitative estimate of drug-likeness (QED) is 0.598. The Labute approximate surface area is 130 Å². The summed E-state index contributed by atoms with van der Waals surface area (Å²) < 4.78 is 11.9. The standard InChI is InChI=1S/C16H24N2O2S/c1-2-8-19-13-16-5-3-9-20-14(16)4-7-18(12-16)11-15-17-6-10-21-15/h2,6,10,14H,1,3-5,7-9,11-13H2/t14-,16+/m0/s1. The van der Waals surface area contributed by atoms with Gasteiger partial charge in [-0.05, 0) is 19.3 Å². The van der Waals surface area contributed by atoms with E-state index in [1.807, 2.05) is 12.3 Å². The lowest BCUT2D eigenvalue weighted by Crippen LogP contribution is -2.56. The van der Waals surface area contributed by atoms with Crippen LogP contribution in [0.2, 0.25) is 0 Å². The molecule has 2 atom stereocenters. The van der Waals surface area contributed by atoms with E-state index in [4.69, 9.17) is 9.47 Å². The molecule has 0 N–H and O–H groups in total. The molecule has 0 aromatic carbocycles. The first-order valence-electron chi connectivity index (χ1n) is 7.73. The van der Waals surface area contributed by atoms with E-state index in [9.17, 15) is 0 Å². The molecule has 3 rings (SSSR count). The van der Waals surface area contributed by atoms with E-state index in [1.54, 1.807) is 11.3 Å². The lowest BCUT2D eigenvalue weighted by molar-refractivity contribution is -0.152.